The number of halogens is 9. The van der Waals surface area contributed by atoms with Crippen LogP contribution in [0.4, 0.5) is 39.5 Å². The molecule has 20 heteroatoms. The van der Waals surface area contributed by atoms with Crippen molar-refractivity contribution in [3.8, 4) is 0 Å². The molecule has 0 radical (unpaired) electrons. The van der Waals surface area contributed by atoms with Gasteiger partial charge in [-0.05, 0) is 40.8 Å². The summed E-state index contributed by atoms with van der Waals surface area (Å²) in [5, 5.41) is 21.4. The lowest BCUT2D eigenvalue weighted by Crippen LogP contribution is -2.30. The monoisotopic (exact) mass is 677 g/mol. The summed E-state index contributed by atoms with van der Waals surface area (Å²) in [5.41, 5.74) is 6.20. The second kappa shape index (κ2) is 17.7. The first-order valence-electron chi connectivity index (χ1n) is 12.3. The Kier molecular flexibility index (Phi) is 15.1. The molecule has 0 amide bonds. The summed E-state index contributed by atoms with van der Waals surface area (Å²) in [7, 11) is 0. The minimum absolute atomic E-state index is 0.574. The van der Waals surface area contributed by atoms with Gasteiger partial charge in [-0.2, -0.15) is 39.5 Å². The Labute approximate surface area is 252 Å². The highest BCUT2D eigenvalue weighted by Gasteiger charge is 2.39. The molecule has 0 saturated heterocycles. The lowest BCUT2D eigenvalue weighted by molar-refractivity contribution is -0.193. The molecule has 254 valence electrons. The minimum atomic E-state index is -5.08. The predicted molar refractivity (Wildman–Crippen MR) is 135 cm³/mol. The van der Waals surface area contributed by atoms with E-state index in [1.54, 1.807) is 12.5 Å². The van der Waals surface area contributed by atoms with Crippen LogP contribution in [-0.2, 0) is 51.8 Å². The fourth-order valence-electron chi connectivity index (χ4n) is 3.29. The maximum atomic E-state index is 10.6. The highest BCUT2D eigenvalue weighted by Crippen LogP contribution is 2.24. The summed E-state index contributed by atoms with van der Waals surface area (Å²) in [5.74, 6) is -8.27. The molecule has 3 N–H and O–H groups in total. The molecular weight excluding hydrogens is 653 g/mol. The Balaban J connectivity index is 0.000000413. The van der Waals surface area contributed by atoms with E-state index in [9.17, 15) is 39.5 Å². The molecule has 0 bridgehead atoms. The van der Waals surface area contributed by atoms with Gasteiger partial charge in [0.25, 0.3) is 0 Å². The molecule has 4 rings (SSSR count). The van der Waals surface area contributed by atoms with Crippen molar-refractivity contribution >= 4 is 17.9 Å². The van der Waals surface area contributed by atoms with Crippen molar-refractivity contribution in [3.05, 3.63) is 83.3 Å². The van der Waals surface area contributed by atoms with Crippen molar-refractivity contribution in [1.82, 2.24) is 14.9 Å². The maximum absolute atomic E-state index is 10.6. The first-order valence-corrected chi connectivity index (χ1v) is 12.3. The molecule has 3 aromatic rings. The molecule has 3 aromatic heterocycles. The fraction of sp³-hybridized carbons (Fsp3) is 0.346. The van der Waals surface area contributed by atoms with Crippen molar-refractivity contribution in [2.24, 2.45) is 0 Å². The van der Waals surface area contributed by atoms with Gasteiger partial charge in [0, 0.05) is 50.0 Å². The summed E-state index contributed by atoms with van der Waals surface area (Å²) in [6, 6.07) is 5.98. The van der Waals surface area contributed by atoms with E-state index < -0.39 is 36.4 Å². The van der Waals surface area contributed by atoms with Crippen molar-refractivity contribution in [2.45, 2.75) is 51.3 Å². The van der Waals surface area contributed by atoms with Gasteiger partial charge in [-0.1, -0.05) is 6.07 Å². The molecular formula is C26H24F9N3O8. The van der Waals surface area contributed by atoms with Crippen LogP contribution in [0.1, 0.15) is 27.8 Å². The van der Waals surface area contributed by atoms with E-state index in [-0.39, 0.29) is 0 Å². The third-order valence-corrected chi connectivity index (χ3v) is 5.27. The number of pyridine rings is 2. The van der Waals surface area contributed by atoms with Crippen molar-refractivity contribution in [1.29, 1.82) is 0 Å². The molecule has 1 aliphatic rings. The number of alkyl halides is 9. The van der Waals surface area contributed by atoms with E-state index in [2.05, 4.69) is 14.9 Å². The summed E-state index contributed by atoms with van der Waals surface area (Å²) < 4.78 is 106. The number of fused-ring (bicyclic) bond motifs is 1. The Hall–Kier alpha value is -4.72. The average molecular weight is 677 g/mol. The van der Waals surface area contributed by atoms with Crippen molar-refractivity contribution in [2.75, 3.05) is 6.54 Å². The number of carboxylic acids is 3. The number of aromatic nitrogens is 2. The maximum Gasteiger partial charge on any atom is 0.490 e. The highest BCUT2D eigenvalue weighted by atomic mass is 19.4. The van der Waals surface area contributed by atoms with E-state index in [0.717, 1.165) is 31.6 Å². The Morgan fingerprint density at radius 1 is 0.804 bits per heavy atom. The zero-order valence-corrected chi connectivity index (χ0v) is 23.1. The first kappa shape index (κ1) is 39.3. The van der Waals surface area contributed by atoms with Gasteiger partial charge in [0.1, 0.15) is 0 Å². The normalized spacial score (nSPS) is 13.0. The second-order valence-electron chi connectivity index (χ2n) is 8.79. The number of aliphatic carboxylic acids is 3. The van der Waals surface area contributed by atoms with Crippen LogP contribution in [0.25, 0.3) is 0 Å². The zero-order chi connectivity index (χ0) is 35.1. The molecule has 0 unspecified atom stereocenters. The van der Waals surface area contributed by atoms with Gasteiger partial charge in [0.05, 0.1) is 25.7 Å². The number of nitrogens with zero attached hydrogens (tertiary/aromatic N) is 3. The number of carboxylic acid groups (broad SMARTS) is 3. The highest BCUT2D eigenvalue weighted by molar-refractivity contribution is 5.73. The molecule has 0 fully saturated rings. The number of hydrogen-bond donors (Lipinski definition) is 3. The second-order valence-corrected chi connectivity index (χ2v) is 8.79. The van der Waals surface area contributed by atoms with Crippen LogP contribution in [0, 0.1) is 0 Å². The zero-order valence-electron chi connectivity index (χ0n) is 23.1. The Morgan fingerprint density at radius 2 is 1.37 bits per heavy atom. The van der Waals surface area contributed by atoms with Crippen molar-refractivity contribution in [3.63, 3.8) is 0 Å². The Morgan fingerprint density at radius 3 is 1.83 bits per heavy atom. The summed E-state index contributed by atoms with van der Waals surface area (Å²) >= 11 is 0. The molecule has 0 aliphatic carbocycles. The molecule has 0 saturated carbocycles. The van der Waals surface area contributed by atoms with E-state index in [0.29, 0.717) is 13.2 Å². The quantitative estimate of drug-likeness (QED) is 0.292. The number of carbonyl (C=O) groups is 3. The standard InChI is InChI=1S/C20H21N3O2.3C2HF3O2/c1-2-16(8-21-5-1)13-25-15-19-10-22-9-18-12-23(6-3-20(18)19)11-17-4-7-24-14-17;3*3-2(4,5)1(6)7/h1-2,4-5,7-10,14H,3,6,11-13,15H2;3*(H,6,7). The van der Waals surface area contributed by atoms with E-state index in [4.69, 9.17) is 38.9 Å². The van der Waals surface area contributed by atoms with Gasteiger partial charge in [0.15, 0.2) is 0 Å². The van der Waals surface area contributed by atoms with Gasteiger partial charge in [-0.15, -0.1) is 0 Å². The summed E-state index contributed by atoms with van der Waals surface area (Å²) in [6.07, 6.45) is -3.14. The average Bonchev–Trinajstić information content (AvgIpc) is 3.46. The molecule has 11 nitrogen and oxygen atoms in total. The van der Waals surface area contributed by atoms with Gasteiger partial charge in [-0.25, -0.2) is 14.4 Å². The molecule has 4 heterocycles. The van der Waals surface area contributed by atoms with Crippen molar-refractivity contribution < 1.29 is 78.4 Å². The fourth-order valence-corrected chi connectivity index (χ4v) is 3.29. The van der Waals surface area contributed by atoms with Gasteiger partial charge >= 0.3 is 36.4 Å². The van der Waals surface area contributed by atoms with E-state index >= 15 is 0 Å². The van der Waals surface area contributed by atoms with Gasteiger partial charge < -0.3 is 24.5 Å². The largest absolute Gasteiger partial charge is 0.490 e. The third kappa shape index (κ3) is 15.3. The number of furan rings is 1. The molecule has 0 aromatic carbocycles. The van der Waals surface area contributed by atoms with Crippen LogP contribution in [0.5, 0.6) is 0 Å². The van der Waals surface area contributed by atoms with Crippen LogP contribution >= 0.6 is 0 Å². The van der Waals surface area contributed by atoms with E-state index in [1.807, 2.05) is 43.1 Å². The summed E-state index contributed by atoms with van der Waals surface area (Å²) in [4.78, 5) is 37.6. The van der Waals surface area contributed by atoms with Crippen LogP contribution in [-0.4, -0.2) is 73.2 Å². The lowest BCUT2D eigenvalue weighted by Gasteiger charge is -2.29. The van der Waals surface area contributed by atoms with Crippen LogP contribution in [0.15, 0.2) is 59.9 Å². The van der Waals surface area contributed by atoms with Gasteiger partial charge in [-0.3, -0.25) is 14.9 Å². The molecule has 46 heavy (non-hydrogen) atoms. The number of rotatable bonds is 6. The molecule has 1 aliphatic heterocycles. The minimum Gasteiger partial charge on any atom is -0.475 e. The summed E-state index contributed by atoms with van der Waals surface area (Å²) in [6.45, 7) is 4.04. The number of ether oxygens (including phenoxy) is 1. The Bertz CT molecular complexity index is 1320. The lowest BCUT2D eigenvalue weighted by atomic mass is 9.97. The molecule has 0 atom stereocenters. The van der Waals surface area contributed by atoms with E-state index in [1.165, 1.54) is 22.3 Å². The topological polar surface area (TPSA) is 163 Å². The van der Waals surface area contributed by atoms with Crippen LogP contribution in [0.2, 0.25) is 0 Å². The SMILES string of the molecule is O=C(O)C(F)(F)F.O=C(O)C(F)(F)F.O=C(O)C(F)(F)F.c1cncc(COCc2cncc3c2CCN(Cc2ccoc2)C3)c1. The van der Waals surface area contributed by atoms with Gasteiger partial charge in [0.2, 0.25) is 0 Å². The smallest absolute Gasteiger partial charge is 0.475 e. The molecule has 0 spiro atoms. The number of hydrogen-bond acceptors (Lipinski definition) is 8. The first-order chi connectivity index (χ1) is 21.2. The van der Waals surface area contributed by atoms with Crippen LogP contribution in [0.3, 0.4) is 0 Å². The predicted octanol–water partition coefficient (Wildman–Crippen LogP) is 5.24. The van der Waals surface area contributed by atoms with Crippen LogP contribution < -0.4 is 0 Å². The third-order valence-electron chi connectivity index (χ3n) is 5.27.